The van der Waals surface area contributed by atoms with E-state index in [0.29, 0.717) is 24.1 Å². The molecule has 2 atom stereocenters. The van der Waals surface area contributed by atoms with E-state index >= 15 is 0 Å². The lowest BCUT2D eigenvalue weighted by Crippen LogP contribution is -2.55. The third-order valence-corrected chi connectivity index (χ3v) is 7.77. The monoisotopic (exact) mass is 593 g/mol. The highest BCUT2D eigenvalue weighted by Gasteiger charge is 2.41. The van der Waals surface area contributed by atoms with Crippen LogP contribution in [-0.4, -0.2) is 39.7 Å². The highest BCUT2D eigenvalue weighted by atomic mass is 35.5. The number of anilines is 1. The van der Waals surface area contributed by atoms with Crippen LogP contribution in [0.5, 0.6) is 11.5 Å². The van der Waals surface area contributed by atoms with Crippen molar-refractivity contribution in [3.8, 4) is 17.6 Å². The van der Waals surface area contributed by atoms with Gasteiger partial charge in [0.1, 0.15) is 11.8 Å². The van der Waals surface area contributed by atoms with Gasteiger partial charge in [0, 0.05) is 17.0 Å². The van der Waals surface area contributed by atoms with Crippen LogP contribution in [0.4, 0.5) is 18.9 Å². The number of hydrogen-bond acceptors (Lipinski definition) is 8. The van der Waals surface area contributed by atoms with Crippen molar-refractivity contribution in [3.05, 3.63) is 57.7 Å². The van der Waals surface area contributed by atoms with Gasteiger partial charge in [-0.1, -0.05) is 23.2 Å². The molecule has 0 bridgehead atoms. The molecular weight excluding hydrogens is 570 g/mol. The largest absolute Gasteiger partial charge is 0.454 e. The van der Waals surface area contributed by atoms with E-state index in [0.717, 1.165) is 21.7 Å². The lowest BCUT2D eigenvalue weighted by molar-refractivity contribution is -0.182. The predicted octanol–water partition coefficient (Wildman–Crippen LogP) is 6.36. The molecule has 1 fully saturated rings. The molecular formula is C27H24Cl2F3N5O3. The van der Waals surface area contributed by atoms with Gasteiger partial charge in [0.05, 0.1) is 27.2 Å². The van der Waals surface area contributed by atoms with Crippen molar-refractivity contribution in [3.63, 3.8) is 0 Å². The molecule has 3 aromatic rings. The normalized spacial score (nSPS) is 23.6. The van der Waals surface area contributed by atoms with Crippen LogP contribution in [0.1, 0.15) is 42.9 Å². The van der Waals surface area contributed by atoms with Crippen LogP contribution >= 0.6 is 23.2 Å². The van der Waals surface area contributed by atoms with E-state index in [-0.39, 0.29) is 46.0 Å². The van der Waals surface area contributed by atoms with E-state index in [9.17, 15) is 23.4 Å². The van der Waals surface area contributed by atoms with E-state index in [1.165, 1.54) is 12.1 Å². The minimum atomic E-state index is -4.15. The average Bonchev–Trinajstić information content (AvgIpc) is 2.90. The molecule has 0 radical (unpaired) electrons. The molecule has 3 N–H and O–H groups in total. The Labute approximate surface area is 237 Å². The van der Waals surface area contributed by atoms with Gasteiger partial charge in [0.2, 0.25) is 6.35 Å². The number of ether oxygens (including phenoxy) is 1. The predicted molar refractivity (Wildman–Crippen MR) is 144 cm³/mol. The minimum absolute atomic E-state index is 0.0146. The minimum Gasteiger partial charge on any atom is -0.454 e. The first-order valence-electron chi connectivity index (χ1n) is 12.5. The van der Waals surface area contributed by atoms with E-state index in [2.05, 4.69) is 10.4 Å². The molecule has 13 heteroatoms. The summed E-state index contributed by atoms with van der Waals surface area (Å²) in [6, 6.07) is 11.8. The number of alkyl halides is 3. The van der Waals surface area contributed by atoms with Crippen LogP contribution in [0.15, 0.2) is 41.5 Å². The molecule has 5 rings (SSSR count). The number of aliphatic hydroxyl groups is 2. The summed E-state index contributed by atoms with van der Waals surface area (Å²) in [6.07, 6.45) is -5.88. The standard InChI is InChI=1S/C27H24Cl2F3N5O3/c1-13-8-22(14-2-4-15(5-3-14)27(30,31)32)34-21-7-6-17(11-18(13)21)40-24-19(28)9-16(10-20(24)29)37-26(39)35-25(38)23(12-33)36-37/h6-11,14-15,25-26,35,38-39H,2-5H2,1H3. The Morgan fingerprint density at radius 3 is 2.38 bits per heavy atom. The number of aryl methyl sites for hydroxylation is 1. The van der Waals surface area contributed by atoms with Crippen LogP contribution in [0.3, 0.4) is 0 Å². The lowest BCUT2D eigenvalue weighted by Gasteiger charge is -2.32. The fourth-order valence-electron chi connectivity index (χ4n) is 5.08. The second kappa shape index (κ2) is 11.0. The third-order valence-electron chi connectivity index (χ3n) is 7.21. The van der Waals surface area contributed by atoms with Gasteiger partial charge in [0.25, 0.3) is 0 Å². The molecule has 1 aliphatic carbocycles. The molecule has 0 saturated heterocycles. The van der Waals surface area contributed by atoms with E-state index in [1.54, 1.807) is 24.3 Å². The van der Waals surface area contributed by atoms with Crippen LogP contribution in [0, 0.1) is 24.2 Å². The zero-order valence-corrected chi connectivity index (χ0v) is 22.6. The van der Waals surface area contributed by atoms with Crippen LogP contribution in [0.2, 0.25) is 10.0 Å². The number of halogens is 5. The Morgan fingerprint density at radius 2 is 1.75 bits per heavy atom. The molecule has 2 heterocycles. The number of hydrazone groups is 1. The lowest BCUT2D eigenvalue weighted by atomic mass is 9.79. The second-order valence-electron chi connectivity index (χ2n) is 9.86. The zero-order valence-electron chi connectivity index (χ0n) is 21.1. The molecule has 1 saturated carbocycles. The number of hydrogen-bond donors (Lipinski definition) is 3. The van der Waals surface area contributed by atoms with Gasteiger partial charge in [-0.05, 0) is 74.6 Å². The maximum Gasteiger partial charge on any atom is 0.391 e. The van der Waals surface area contributed by atoms with Crippen molar-refractivity contribution in [2.24, 2.45) is 11.0 Å². The van der Waals surface area contributed by atoms with Crippen molar-refractivity contribution >= 4 is 45.5 Å². The quantitative estimate of drug-likeness (QED) is 0.322. The summed E-state index contributed by atoms with van der Waals surface area (Å²) in [4.78, 5) is 4.74. The summed E-state index contributed by atoms with van der Waals surface area (Å²) in [7, 11) is 0. The number of rotatable bonds is 4. The Balaban J connectivity index is 1.37. The molecule has 1 aliphatic heterocycles. The molecule has 40 heavy (non-hydrogen) atoms. The Hall–Kier alpha value is -3.14. The smallest absolute Gasteiger partial charge is 0.391 e. The van der Waals surface area contributed by atoms with Crippen LogP contribution < -0.4 is 15.1 Å². The maximum absolute atomic E-state index is 13.1. The number of pyridine rings is 1. The van der Waals surface area contributed by atoms with E-state index in [1.807, 2.05) is 13.0 Å². The summed E-state index contributed by atoms with van der Waals surface area (Å²) in [5.41, 5.74) is 2.40. The maximum atomic E-state index is 13.1. The van der Waals surface area contributed by atoms with Gasteiger partial charge in [-0.2, -0.15) is 23.5 Å². The van der Waals surface area contributed by atoms with E-state index in [4.69, 9.17) is 38.2 Å². The highest BCUT2D eigenvalue weighted by Crippen LogP contribution is 2.44. The van der Waals surface area contributed by atoms with Gasteiger partial charge in [-0.25, -0.2) is 10.3 Å². The first kappa shape index (κ1) is 28.4. The zero-order chi connectivity index (χ0) is 28.8. The van der Waals surface area contributed by atoms with Crippen molar-refractivity contribution in [2.75, 3.05) is 5.01 Å². The number of aromatic nitrogens is 1. The summed E-state index contributed by atoms with van der Waals surface area (Å²) in [5.74, 6) is -0.673. The summed E-state index contributed by atoms with van der Waals surface area (Å²) in [6.45, 7) is 1.91. The van der Waals surface area contributed by atoms with Crippen molar-refractivity contribution in [2.45, 2.75) is 57.3 Å². The molecule has 8 nitrogen and oxygen atoms in total. The highest BCUT2D eigenvalue weighted by molar-refractivity contribution is 6.37. The van der Waals surface area contributed by atoms with Crippen molar-refractivity contribution in [1.29, 1.82) is 5.26 Å². The van der Waals surface area contributed by atoms with Gasteiger partial charge in [-0.3, -0.25) is 4.98 Å². The van der Waals surface area contributed by atoms with Crippen LogP contribution in [-0.2, 0) is 0 Å². The summed E-state index contributed by atoms with van der Waals surface area (Å²) >= 11 is 12.9. The molecule has 2 aromatic carbocycles. The Morgan fingerprint density at radius 1 is 1.07 bits per heavy atom. The third kappa shape index (κ3) is 5.68. The fraction of sp³-hybridized carbons (Fsp3) is 0.370. The number of nitrogens with one attached hydrogen (secondary N) is 1. The molecule has 2 aliphatic rings. The molecule has 210 valence electrons. The molecule has 2 unspecified atom stereocenters. The van der Waals surface area contributed by atoms with Crippen LogP contribution in [0.25, 0.3) is 10.9 Å². The first-order valence-corrected chi connectivity index (χ1v) is 13.2. The number of nitriles is 1. The number of benzene rings is 2. The number of nitrogens with zero attached hydrogens (tertiary/aromatic N) is 4. The molecule has 1 aromatic heterocycles. The molecule has 0 spiro atoms. The van der Waals surface area contributed by atoms with Gasteiger partial charge < -0.3 is 14.9 Å². The first-order chi connectivity index (χ1) is 18.9. The van der Waals surface area contributed by atoms with Crippen molar-refractivity contribution < 1.29 is 28.1 Å². The van der Waals surface area contributed by atoms with E-state index < -0.39 is 24.7 Å². The number of fused-ring (bicyclic) bond motifs is 1. The fourth-order valence-corrected chi connectivity index (χ4v) is 5.63. The Bertz CT molecular complexity index is 1500. The number of aliphatic hydroxyl groups excluding tert-OH is 2. The molecule has 0 amide bonds. The summed E-state index contributed by atoms with van der Waals surface area (Å²) in [5, 5.41) is 37.5. The van der Waals surface area contributed by atoms with Gasteiger partial charge >= 0.3 is 6.18 Å². The van der Waals surface area contributed by atoms with Crippen molar-refractivity contribution in [1.82, 2.24) is 10.3 Å². The Kier molecular flexibility index (Phi) is 7.83. The summed E-state index contributed by atoms with van der Waals surface area (Å²) < 4.78 is 45.2. The average molecular weight is 594 g/mol. The SMILES string of the molecule is Cc1cc(C2CCC(C(F)(F)F)CC2)nc2ccc(Oc3c(Cl)cc(N4N=C(C#N)C(O)NC4O)cc3Cl)cc12. The topological polar surface area (TPSA) is 114 Å². The second-order valence-corrected chi connectivity index (χ2v) is 10.7. The van der Waals surface area contributed by atoms with Gasteiger partial charge in [0.15, 0.2) is 17.7 Å². The van der Waals surface area contributed by atoms with Gasteiger partial charge in [-0.15, -0.1) is 0 Å².